The Bertz CT molecular complexity index is 511. The number of imide groups is 1. The number of carbonyl (C=O) groups excluding carboxylic acids is 1. The van der Waals surface area contributed by atoms with E-state index in [1.165, 1.54) is 12.3 Å². The zero-order valence-electron chi connectivity index (χ0n) is 11.1. The summed E-state index contributed by atoms with van der Waals surface area (Å²) in [5.74, 6) is 0.00227. The quantitative estimate of drug-likeness (QED) is 0.851. The molecular formula is C12H15BrN2O4. The summed E-state index contributed by atoms with van der Waals surface area (Å²) in [6.07, 6.45) is -0.983. The van der Waals surface area contributed by atoms with Gasteiger partial charge in [0.05, 0.1) is 0 Å². The van der Waals surface area contributed by atoms with E-state index in [0.717, 1.165) is 10.0 Å². The van der Waals surface area contributed by atoms with Crippen molar-refractivity contribution in [2.45, 2.75) is 33.3 Å². The largest absolute Gasteiger partial charge is 0.464 e. The molecule has 104 valence electrons. The first-order chi connectivity index (χ1) is 8.61. The highest BCUT2D eigenvalue weighted by Crippen LogP contribution is 2.22. The highest BCUT2D eigenvalue weighted by Gasteiger charge is 2.29. The number of aryl methyl sites for hydroxylation is 1. The fraction of sp³-hybridized carbons (Fsp3) is 0.417. The molecule has 7 heteroatoms. The second kappa shape index (κ2) is 5.56. The van der Waals surface area contributed by atoms with Crippen LogP contribution in [0, 0.1) is 6.92 Å². The Morgan fingerprint density at radius 1 is 1.42 bits per heavy atom. The van der Waals surface area contributed by atoms with Crippen LogP contribution >= 0.6 is 15.9 Å². The summed E-state index contributed by atoms with van der Waals surface area (Å²) in [7, 11) is 0. The molecule has 0 aliphatic carbocycles. The van der Waals surface area contributed by atoms with Crippen LogP contribution in [0.5, 0.6) is 0 Å². The lowest BCUT2D eigenvalue weighted by Gasteiger charge is -2.24. The van der Waals surface area contributed by atoms with E-state index in [4.69, 9.17) is 9.84 Å². The third-order valence-corrected chi connectivity index (χ3v) is 2.86. The van der Waals surface area contributed by atoms with Gasteiger partial charge in [-0.3, -0.25) is 0 Å². The van der Waals surface area contributed by atoms with E-state index >= 15 is 0 Å². The van der Waals surface area contributed by atoms with Gasteiger partial charge in [0.25, 0.3) is 0 Å². The van der Waals surface area contributed by atoms with Crippen LogP contribution in [-0.4, -0.2) is 27.9 Å². The molecule has 19 heavy (non-hydrogen) atoms. The number of carboxylic acid groups (broad SMARTS) is 1. The van der Waals surface area contributed by atoms with Gasteiger partial charge in [0, 0.05) is 10.7 Å². The van der Waals surface area contributed by atoms with E-state index in [0.29, 0.717) is 4.90 Å². The Morgan fingerprint density at radius 2 is 2.00 bits per heavy atom. The van der Waals surface area contributed by atoms with Crippen molar-refractivity contribution in [2.24, 2.45) is 0 Å². The number of hydrogen-bond donors (Lipinski definition) is 1. The SMILES string of the molecule is Cc1cc(N(C(=O)O)C(=O)OC(C)(C)C)ncc1Br. The number of amides is 2. The topological polar surface area (TPSA) is 79.7 Å². The van der Waals surface area contributed by atoms with Gasteiger partial charge in [-0.05, 0) is 55.3 Å². The number of anilines is 1. The summed E-state index contributed by atoms with van der Waals surface area (Å²) in [6.45, 7) is 6.74. The van der Waals surface area contributed by atoms with Crippen molar-refractivity contribution in [2.75, 3.05) is 4.90 Å². The minimum atomic E-state index is -1.44. The maximum atomic E-state index is 11.9. The number of rotatable bonds is 1. The standard InChI is InChI=1S/C12H15BrN2O4/c1-7-5-9(14-6-8(7)13)15(10(16)17)11(18)19-12(2,3)4/h5-6H,1-4H3,(H,16,17). The Labute approximate surface area is 119 Å². The molecule has 1 heterocycles. The number of nitrogens with zero attached hydrogens (tertiary/aromatic N) is 2. The van der Waals surface area contributed by atoms with Gasteiger partial charge in [0.15, 0.2) is 0 Å². The molecule has 0 aliphatic heterocycles. The maximum Gasteiger partial charge on any atom is 0.425 e. The number of hydrogen-bond acceptors (Lipinski definition) is 4. The number of pyridine rings is 1. The molecule has 0 radical (unpaired) electrons. The fourth-order valence-corrected chi connectivity index (χ4v) is 1.44. The van der Waals surface area contributed by atoms with Crippen molar-refractivity contribution < 1.29 is 19.4 Å². The van der Waals surface area contributed by atoms with E-state index in [9.17, 15) is 9.59 Å². The first-order valence-corrected chi connectivity index (χ1v) is 6.29. The minimum absolute atomic E-state index is 0.00227. The highest BCUT2D eigenvalue weighted by atomic mass is 79.9. The van der Waals surface area contributed by atoms with Crippen LogP contribution in [0.4, 0.5) is 15.4 Å². The van der Waals surface area contributed by atoms with Crippen LogP contribution in [-0.2, 0) is 4.74 Å². The maximum absolute atomic E-state index is 11.9. The molecule has 2 amide bonds. The van der Waals surface area contributed by atoms with E-state index in [1.54, 1.807) is 27.7 Å². The number of halogens is 1. The van der Waals surface area contributed by atoms with Crippen LogP contribution in [0.15, 0.2) is 16.7 Å². The first kappa shape index (κ1) is 15.4. The second-order valence-corrected chi connectivity index (χ2v) is 5.74. The Hall–Kier alpha value is -1.63. The van der Waals surface area contributed by atoms with E-state index < -0.39 is 17.8 Å². The summed E-state index contributed by atoms with van der Waals surface area (Å²) in [5.41, 5.74) is -0.0188. The lowest BCUT2D eigenvalue weighted by molar-refractivity contribution is 0.0581. The van der Waals surface area contributed by atoms with Crippen LogP contribution in [0.3, 0.4) is 0 Å². The Morgan fingerprint density at radius 3 is 2.42 bits per heavy atom. The molecular weight excluding hydrogens is 316 g/mol. The number of ether oxygens (including phenoxy) is 1. The molecule has 1 aromatic rings. The third-order valence-electron chi connectivity index (χ3n) is 2.03. The average Bonchev–Trinajstić information content (AvgIpc) is 2.20. The molecule has 0 bridgehead atoms. The molecule has 0 aliphatic rings. The summed E-state index contributed by atoms with van der Waals surface area (Å²) < 4.78 is 5.77. The monoisotopic (exact) mass is 330 g/mol. The first-order valence-electron chi connectivity index (χ1n) is 5.50. The molecule has 0 saturated carbocycles. The van der Waals surface area contributed by atoms with Crippen molar-refractivity contribution in [3.8, 4) is 0 Å². The number of carbonyl (C=O) groups is 2. The minimum Gasteiger partial charge on any atom is -0.464 e. The Balaban J connectivity index is 3.10. The molecule has 0 saturated heterocycles. The normalized spacial score (nSPS) is 11.0. The molecule has 1 aromatic heterocycles. The van der Waals surface area contributed by atoms with Gasteiger partial charge < -0.3 is 9.84 Å². The van der Waals surface area contributed by atoms with Crippen LogP contribution < -0.4 is 4.90 Å². The summed E-state index contributed by atoms with van der Waals surface area (Å²) in [5, 5.41) is 9.13. The zero-order chi connectivity index (χ0) is 14.8. The van der Waals surface area contributed by atoms with Gasteiger partial charge in [-0.1, -0.05) is 0 Å². The molecule has 0 spiro atoms. The van der Waals surface area contributed by atoms with E-state index in [-0.39, 0.29) is 5.82 Å². The van der Waals surface area contributed by atoms with Gasteiger partial charge in [0.1, 0.15) is 11.4 Å². The number of aromatic nitrogens is 1. The van der Waals surface area contributed by atoms with Crippen molar-refractivity contribution >= 4 is 33.9 Å². The third kappa shape index (κ3) is 4.20. The van der Waals surface area contributed by atoms with Crippen molar-refractivity contribution in [1.29, 1.82) is 0 Å². The van der Waals surface area contributed by atoms with E-state index in [2.05, 4.69) is 20.9 Å². The predicted molar refractivity (Wildman–Crippen MR) is 73.4 cm³/mol. The smallest absolute Gasteiger partial charge is 0.425 e. The van der Waals surface area contributed by atoms with Gasteiger partial charge in [0.2, 0.25) is 0 Å². The van der Waals surface area contributed by atoms with Crippen LogP contribution in [0.1, 0.15) is 26.3 Å². The van der Waals surface area contributed by atoms with Crippen molar-refractivity contribution in [3.63, 3.8) is 0 Å². The summed E-state index contributed by atoms with van der Waals surface area (Å²) in [6, 6.07) is 1.49. The average molecular weight is 331 g/mol. The fourth-order valence-electron chi connectivity index (χ4n) is 1.22. The molecule has 1 N–H and O–H groups in total. The highest BCUT2D eigenvalue weighted by molar-refractivity contribution is 9.10. The lowest BCUT2D eigenvalue weighted by atomic mass is 10.2. The molecule has 0 atom stereocenters. The van der Waals surface area contributed by atoms with Gasteiger partial charge in [-0.25, -0.2) is 14.6 Å². The lowest BCUT2D eigenvalue weighted by Crippen LogP contribution is -2.40. The summed E-state index contributed by atoms with van der Waals surface area (Å²) in [4.78, 5) is 27.5. The van der Waals surface area contributed by atoms with Gasteiger partial charge >= 0.3 is 12.2 Å². The van der Waals surface area contributed by atoms with Gasteiger partial charge in [-0.15, -0.1) is 0 Å². The summed E-state index contributed by atoms with van der Waals surface area (Å²) >= 11 is 3.26. The molecule has 0 fully saturated rings. The van der Waals surface area contributed by atoms with Crippen LogP contribution in [0.2, 0.25) is 0 Å². The van der Waals surface area contributed by atoms with Crippen molar-refractivity contribution in [1.82, 2.24) is 4.98 Å². The van der Waals surface area contributed by atoms with Crippen molar-refractivity contribution in [3.05, 3.63) is 22.3 Å². The van der Waals surface area contributed by atoms with Crippen LogP contribution in [0.25, 0.3) is 0 Å². The predicted octanol–water partition coefficient (Wildman–Crippen LogP) is 3.57. The molecule has 6 nitrogen and oxygen atoms in total. The zero-order valence-corrected chi connectivity index (χ0v) is 12.7. The second-order valence-electron chi connectivity index (χ2n) is 4.89. The van der Waals surface area contributed by atoms with E-state index in [1.807, 2.05) is 0 Å². The molecule has 0 aromatic carbocycles. The molecule has 0 unspecified atom stereocenters. The van der Waals surface area contributed by atoms with Gasteiger partial charge in [-0.2, -0.15) is 4.90 Å². The molecule has 1 rings (SSSR count). The Kier molecular flexibility index (Phi) is 4.52.